The maximum absolute atomic E-state index is 13.3. The summed E-state index contributed by atoms with van der Waals surface area (Å²) in [6, 6.07) is 3.81. The number of halogens is 2. The van der Waals surface area contributed by atoms with Crippen molar-refractivity contribution in [2.24, 2.45) is 0 Å². The first-order valence-electron chi connectivity index (χ1n) is 5.68. The Balaban J connectivity index is 1.79. The molecule has 0 N–H and O–H groups in total. The number of ether oxygens (including phenoxy) is 2. The van der Waals surface area contributed by atoms with Gasteiger partial charge in [0.05, 0.1) is 18.9 Å². The predicted octanol–water partition coefficient (Wildman–Crippen LogP) is 3.40. The lowest BCUT2D eigenvalue weighted by atomic mass is 10.1. The second kappa shape index (κ2) is 5.07. The average Bonchev–Trinajstić information content (AvgIpc) is 3.01. The summed E-state index contributed by atoms with van der Waals surface area (Å²) in [4.78, 5) is 4.35. The molecule has 1 aliphatic heterocycles. The summed E-state index contributed by atoms with van der Waals surface area (Å²) in [5.74, 6) is -0.245. The van der Waals surface area contributed by atoms with Gasteiger partial charge in [0.15, 0.2) is 6.29 Å². The number of allylic oxidation sites excluding steroid dienone is 4. The van der Waals surface area contributed by atoms with E-state index in [-0.39, 0.29) is 18.0 Å². The van der Waals surface area contributed by atoms with E-state index in [4.69, 9.17) is 9.47 Å². The molecular weight excluding hydrogens is 348 g/mol. The van der Waals surface area contributed by atoms with Gasteiger partial charge in [0.1, 0.15) is 5.83 Å². The van der Waals surface area contributed by atoms with Gasteiger partial charge in [-0.2, -0.15) is 0 Å². The minimum atomic E-state index is -0.307. The molecule has 2 heterocycles. The first-order chi connectivity index (χ1) is 8.74. The SMILES string of the molecule is FC1=CC(c2ccc(C3OCCO3)cn2)C=C1I. The normalized spacial score (nSPS) is 24.2. The van der Waals surface area contributed by atoms with Crippen molar-refractivity contribution in [1.82, 2.24) is 4.98 Å². The quantitative estimate of drug-likeness (QED) is 0.759. The number of hydrogen-bond acceptors (Lipinski definition) is 3. The van der Waals surface area contributed by atoms with Gasteiger partial charge in [-0.25, -0.2) is 4.39 Å². The fourth-order valence-corrected chi connectivity index (χ4v) is 2.56. The van der Waals surface area contributed by atoms with E-state index < -0.39 is 0 Å². The van der Waals surface area contributed by atoms with Crippen LogP contribution in [0.2, 0.25) is 0 Å². The summed E-state index contributed by atoms with van der Waals surface area (Å²) >= 11 is 1.99. The van der Waals surface area contributed by atoms with E-state index in [2.05, 4.69) is 4.98 Å². The van der Waals surface area contributed by atoms with Crippen LogP contribution in [-0.4, -0.2) is 18.2 Å². The van der Waals surface area contributed by atoms with Crippen molar-refractivity contribution in [3.8, 4) is 0 Å². The molecule has 18 heavy (non-hydrogen) atoms. The Kier molecular flexibility index (Phi) is 3.45. The van der Waals surface area contributed by atoms with Gasteiger partial charge in [0, 0.05) is 21.3 Å². The Morgan fingerprint density at radius 2 is 2.00 bits per heavy atom. The van der Waals surface area contributed by atoms with Crippen LogP contribution in [0, 0.1) is 0 Å². The highest BCUT2D eigenvalue weighted by molar-refractivity contribution is 14.1. The molecule has 1 saturated heterocycles. The number of aromatic nitrogens is 1. The molecule has 3 rings (SSSR count). The van der Waals surface area contributed by atoms with Gasteiger partial charge in [-0.1, -0.05) is 12.1 Å². The van der Waals surface area contributed by atoms with Crippen LogP contribution in [0.4, 0.5) is 4.39 Å². The average molecular weight is 359 g/mol. The molecule has 94 valence electrons. The van der Waals surface area contributed by atoms with Crippen molar-refractivity contribution in [3.05, 3.63) is 51.1 Å². The predicted molar refractivity (Wildman–Crippen MR) is 72.9 cm³/mol. The van der Waals surface area contributed by atoms with Crippen LogP contribution in [0.3, 0.4) is 0 Å². The summed E-state index contributed by atoms with van der Waals surface area (Å²) in [6.07, 6.45) is 4.86. The van der Waals surface area contributed by atoms with Crippen molar-refractivity contribution in [2.45, 2.75) is 12.2 Å². The number of hydrogen-bond donors (Lipinski definition) is 0. The smallest absolute Gasteiger partial charge is 0.185 e. The van der Waals surface area contributed by atoms with Gasteiger partial charge in [-0.05, 0) is 34.7 Å². The van der Waals surface area contributed by atoms with Crippen LogP contribution in [0.15, 0.2) is 39.9 Å². The summed E-state index contributed by atoms with van der Waals surface area (Å²) in [5.41, 5.74) is 1.73. The third-order valence-corrected chi connectivity index (χ3v) is 3.80. The molecule has 0 aromatic carbocycles. The zero-order valence-corrected chi connectivity index (χ0v) is 11.6. The van der Waals surface area contributed by atoms with E-state index in [1.165, 1.54) is 0 Å². The lowest BCUT2D eigenvalue weighted by Crippen LogP contribution is -2.01. The van der Waals surface area contributed by atoms with Crippen LogP contribution in [-0.2, 0) is 9.47 Å². The minimum Gasteiger partial charge on any atom is -0.346 e. The van der Waals surface area contributed by atoms with Gasteiger partial charge < -0.3 is 9.47 Å². The summed E-state index contributed by atoms with van der Waals surface area (Å²) < 4.78 is 24.7. The summed E-state index contributed by atoms with van der Waals surface area (Å²) in [5, 5.41) is 0. The molecule has 1 aromatic rings. The summed E-state index contributed by atoms with van der Waals surface area (Å²) in [6.45, 7) is 1.23. The molecule has 1 unspecified atom stereocenters. The van der Waals surface area contributed by atoms with Crippen LogP contribution in [0.5, 0.6) is 0 Å². The Bertz CT molecular complexity index is 488. The highest BCUT2D eigenvalue weighted by atomic mass is 127. The van der Waals surface area contributed by atoms with Gasteiger partial charge in [-0.15, -0.1) is 0 Å². The highest BCUT2D eigenvalue weighted by Crippen LogP contribution is 2.35. The first-order valence-corrected chi connectivity index (χ1v) is 6.76. The molecule has 0 amide bonds. The Hall–Kier alpha value is -0.790. The number of pyridine rings is 1. The fourth-order valence-electron chi connectivity index (χ4n) is 2.00. The van der Waals surface area contributed by atoms with E-state index in [1.807, 2.05) is 40.8 Å². The third kappa shape index (κ3) is 2.34. The van der Waals surface area contributed by atoms with Crippen molar-refractivity contribution < 1.29 is 13.9 Å². The molecule has 2 aliphatic rings. The molecule has 5 heteroatoms. The van der Waals surface area contributed by atoms with Gasteiger partial charge in [-0.3, -0.25) is 4.98 Å². The standard InChI is InChI=1S/C13H11FINO2/c14-10-5-9(6-11(10)15)12-2-1-8(7-16-12)13-17-3-4-18-13/h1-2,5-7,9,13H,3-4H2. The number of rotatable bonds is 2. The Morgan fingerprint density at radius 1 is 1.22 bits per heavy atom. The second-order valence-electron chi connectivity index (χ2n) is 4.14. The van der Waals surface area contributed by atoms with Crippen LogP contribution in [0.1, 0.15) is 23.5 Å². The molecule has 1 aliphatic carbocycles. The van der Waals surface area contributed by atoms with Crippen molar-refractivity contribution in [1.29, 1.82) is 0 Å². The molecule has 3 nitrogen and oxygen atoms in total. The van der Waals surface area contributed by atoms with Crippen LogP contribution < -0.4 is 0 Å². The molecule has 1 atom stereocenters. The van der Waals surface area contributed by atoms with Crippen molar-refractivity contribution in [3.63, 3.8) is 0 Å². The van der Waals surface area contributed by atoms with E-state index in [9.17, 15) is 4.39 Å². The molecule has 0 saturated carbocycles. The molecule has 0 bridgehead atoms. The molecule has 1 fully saturated rings. The lowest BCUT2D eigenvalue weighted by Gasteiger charge is -2.10. The molecule has 0 radical (unpaired) electrons. The Morgan fingerprint density at radius 3 is 2.56 bits per heavy atom. The minimum absolute atomic E-state index is 0.0728. The van der Waals surface area contributed by atoms with E-state index in [1.54, 1.807) is 12.3 Å². The third-order valence-electron chi connectivity index (χ3n) is 2.92. The summed E-state index contributed by atoms with van der Waals surface area (Å²) in [7, 11) is 0. The topological polar surface area (TPSA) is 31.4 Å². The largest absolute Gasteiger partial charge is 0.346 e. The highest BCUT2D eigenvalue weighted by Gasteiger charge is 2.21. The van der Waals surface area contributed by atoms with Crippen molar-refractivity contribution >= 4 is 22.6 Å². The monoisotopic (exact) mass is 359 g/mol. The van der Waals surface area contributed by atoms with E-state index >= 15 is 0 Å². The zero-order chi connectivity index (χ0) is 12.5. The molecular formula is C13H11FINO2. The molecule has 1 aromatic heterocycles. The maximum Gasteiger partial charge on any atom is 0.185 e. The maximum atomic E-state index is 13.3. The van der Waals surface area contributed by atoms with Crippen molar-refractivity contribution in [2.75, 3.05) is 13.2 Å². The fraction of sp³-hybridized carbons (Fsp3) is 0.308. The number of nitrogens with zero attached hydrogens (tertiary/aromatic N) is 1. The van der Waals surface area contributed by atoms with Gasteiger partial charge in [0.25, 0.3) is 0 Å². The van der Waals surface area contributed by atoms with Gasteiger partial charge in [0.2, 0.25) is 0 Å². The van der Waals surface area contributed by atoms with E-state index in [0.717, 1.165) is 11.3 Å². The van der Waals surface area contributed by atoms with Crippen LogP contribution in [0.25, 0.3) is 0 Å². The Labute approximate surface area is 118 Å². The van der Waals surface area contributed by atoms with Crippen LogP contribution >= 0.6 is 22.6 Å². The lowest BCUT2D eigenvalue weighted by molar-refractivity contribution is -0.0443. The van der Waals surface area contributed by atoms with E-state index in [0.29, 0.717) is 16.8 Å². The molecule has 0 spiro atoms. The zero-order valence-electron chi connectivity index (χ0n) is 9.48. The first kappa shape index (κ1) is 12.3. The van der Waals surface area contributed by atoms with Gasteiger partial charge >= 0.3 is 0 Å². The second-order valence-corrected chi connectivity index (χ2v) is 5.31.